The summed E-state index contributed by atoms with van der Waals surface area (Å²) in [6, 6.07) is -3.99. The number of H-pyrrole nitrogens is 2. The van der Waals surface area contributed by atoms with Crippen LogP contribution in [-0.4, -0.2) is 96.9 Å². The maximum absolute atomic E-state index is 13.2. The van der Waals surface area contributed by atoms with E-state index in [1.807, 2.05) is 13.2 Å². The minimum Gasteiger partial charge on any atom is -0.480 e. The molecule has 2 aromatic rings. The standard InChI is InChI=1S/C26H41N9O6S/c1-15(8-17-11-28-13-30-17)32-22(36)5-4-20(26(40)41)35-25(39)21(10-18-12-29-14-31-18)34-23(37)9-16(2)33-24(38)19(27)6-7-42-3/h11-16,19-21H,4-10,27H2,1-3H3,(H,28,30)(H,29,31)(H,32,36)(H,33,38)(H,34,37)(H,35,39)(H,40,41). The molecule has 2 heterocycles. The van der Waals surface area contributed by atoms with Crippen molar-refractivity contribution in [2.24, 2.45) is 5.73 Å². The van der Waals surface area contributed by atoms with Crippen molar-refractivity contribution in [3.05, 3.63) is 36.4 Å². The van der Waals surface area contributed by atoms with Crippen molar-refractivity contribution in [3.8, 4) is 0 Å². The van der Waals surface area contributed by atoms with E-state index in [1.165, 1.54) is 18.9 Å². The van der Waals surface area contributed by atoms with Gasteiger partial charge in [-0.05, 0) is 38.7 Å². The van der Waals surface area contributed by atoms with Crippen molar-refractivity contribution in [1.82, 2.24) is 41.2 Å². The number of hydrogen-bond acceptors (Lipinski definition) is 9. The second-order valence-corrected chi connectivity index (χ2v) is 11.1. The van der Waals surface area contributed by atoms with Crippen LogP contribution < -0.4 is 27.0 Å². The first-order chi connectivity index (χ1) is 20.0. The van der Waals surface area contributed by atoms with E-state index in [0.29, 0.717) is 18.5 Å². The Morgan fingerprint density at radius 1 is 0.857 bits per heavy atom. The molecule has 5 unspecified atom stereocenters. The molecule has 0 spiro atoms. The molecular weight excluding hydrogens is 566 g/mol. The average Bonchev–Trinajstić information content (AvgIpc) is 3.63. The van der Waals surface area contributed by atoms with E-state index in [4.69, 9.17) is 5.73 Å². The number of carboxylic acid groups (broad SMARTS) is 1. The lowest BCUT2D eigenvalue weighted by molar-refractivity contribution is -0.142. The summed E-state index contributed by atoms with van der Waals surface area (Å²) in [6.07, 6.45) is 8.59. The Morgan fingerprint density at radius 3 is 2.07 bits per heavy atom. The van der Waals surface area contributed by atoms with Gasteiger partial charge in [-0.3, -0.25) is 19.2 Å². The third-order valence-electron chi connectivity index (χ3n) is 6.24. The number of rotatable bonds is 19. The fourth-order valence-corrected chi connectivity index (χ4v) is 4.55. The normalized spacial score (nSPS) is 14.6. The van der Waals surface area contributed by atoms with Gasteiger partial charge in [0.15, 0.2) is 0 Å². The quantitative estimate of drug-likeness (QED) is 0.0992. The highest BCUT2D eigenvalue weighted by molar-refractivity contribution is 7.98. The molecule has 15 nitrogen and oxygen atoms in total. The van der Waals surface area contributed by atoms with Crippen LogP contribution in [0.3, 0.4) is 0 Å². The van der Waals surface area contributed by atoms with E-state index >= 15 is 0 Å². The molecule has 0 bridgehead atoms. The highest BCUT2D eigenvalue weighted by atomic mass is 32.2. The molecule has 42 heavy (non-hydrogen) atoms. The lowest BCUT2D eigenvalue weighted by atomic mass is 10.1. The van der Waals surface area contributed by atoms with Gasteiger partial charge in [0.1, 0.15) is 12.1 Å². The fourth-order valence-electron chi connectivity index (χ4n) is 4.06. The Labute approximate surface area is 248 Å². The van der Waals surface area contributed by atoms with Gasteiger partial charge in [-0.25, -0.2) is 14.8 Å². The summed E-state index contributed by atoms with van der Waals surface area (Å²) in [7, 11) is 0. The summed E-state index contributed by atoms with van der Waals surface area (Å²) in [5, 5.41) is 20.2. The first-order valence-electron chi connectivity index (χ1n) is 13.6. The van der Waals surface area contributed by atoms with Crippen molar-refractivity contribution < 1.29 is 29.1 Å². The van der Waals surface area contributed by atoms with Crippen molar-refractivity contribution >= 4 is 41.4 Å². The topological polar surface area (TPSA) is 237 Å². The molecule has 0 aromatic carbocycles. The molecule has 0 aliphatic rings. The maximum atomic E-state index is 13.2. The number of imidazole rings is 2. The molecule has 4 amide bonds. The van der Waals surface area contributed by atoms with Gasteiger partial charge in [0.25, 0.3) is 0 Å². The minimum absolute atomic E-state index is 0.00973. The summed E-state index contributed by atoms with van der Waals surface area (Å²) < 4.78 is 0. The molecule has 0 fully saturated rings. The maximum Gasteiger partial charge on any atom is 0.326 e. The van der Waals surface area contributed by atoms with E-state index in [2.05, 4.69) is 41.2 Å². The van der Waals surface area contributed by atoms with Crippen LogP contribution in [0.1, 0.15) is 50.9 Å². The number of hydrogen-bond donors (Lipinski definition) is 8. The SMILES string of the molecule is CSCCC(N)C(=O)NC(C)CC(=O)NC(Cc1cnc[nH]1)C(=O)NC(CCC(=O)NC(C)Cc1cnc[nH]1)C(=O)O. The first-order valence-corrected chi connectivity index (χ1v) is 15.0. The second kappa shape index (κ2) is 17.8. The number of carbonyl (C=O) groups is 5. The van der Waals surface area contributed by atoms with Gasteiger partial charge in [-0.15, -0.1) is 0 Å². The summed E-state index contributed by atoms with van der Waals surface area (Å²) in [5.74, 6) is -2.61. The number of nitrogens with zero attached hydrogens (tertiary/aromatic N) is 2. The summed E-state index contributed by atoms with van der Waals surface area (Å²) in [4.78, 5) is 76.2. The Kier molecular flexibility index (Phi) is 14.5. The van der Waals surface area contributed by atoms with Gasteiger partial charge in [-0.2, -0.15) is 11.8 Å². The van der Waals surface area contributed by atoms with Crippen molar-refractivity contribution in [1.29, 1.82) is 0 Å². The molecule has 2 rings (SSSR count). The number of nitrogens with one attached hydrogen (secondary N) is 6. The highest BCUT2D eigenvalue weighted by Crippen LogP contribution is 2.06. The molecule has 232 valence electrons. The molecule has 0 saturated carbocycles. The summed E-state index contributed by atoms with van der Waals surface area (Å²) in [6.45, 7) is 3.45. The van der Waals surface area contributed by atoms with Crippen molar-refractivity contribution in [2.75, 3.05) is 12.0 Å². The Balaban J connectivity index is 1.94. The van der Waals surface area contributed by atoms with E-state index in [0.717, 1.165) is 11.4 Å². The predicted molar refractivity (Wildman–Crippen MR) is 156 cm³/mol. The average molecular weight is 608 g/mol. The molecule has 2 aromatic heterocycles. The summed E-state index contributed by atoms with van der Waals surface area (Å²) in [5.41, 5.74) is 7.26. The van der Waals surface area contributed by atoms with Gasteiger partial charge < -0.3 is 42.1 Å². The highest BCUT2D eigenvalue weighted by Gasteiger charge is 2.28. The zero-order valence-corrected chi connectivity index (χ0v) is 24.8. The minimum atomic E-state index is -1.37. The molecular formula is C26H41N9O6S. The first kappa shape index (κ1) is 34.3. The number of carboxylic acids is 1. The van der Waals surface area contributed by atoms with Crippen LogP contribution in [0, 0.1) is 0 Å². The molecule has 0 aliphatic heterocycles. The predicted octanol–water partition coefficient (Wildman–Crippen LogP) is -0.768. The van der Waals surface area contributed by atoms with Crippen LogP contribution in [0.5, 0.6) is 0 Å². The largest absolute Gasteiger partial charge is 0.480 e. The Bertz CT molecular complexity index is 1150. The number of amides is 4. The van der Waals surface area contributed by atoms with Crippen molar-refractivity contribution in [2.45, 2.75) is 82.6 Å². The van der Waals surface area contributed by atoms with Crippen LogP contribution in [0.15, 0.2) is 25.0 Å². The number of thioether (sulfide) groups is 1. The zero-order chi connectivity index (χ0) is 31.1. The number of aliphatic carboxylic acids is 1. The number of carbonyl (C=O) groups excluding carboxylic acids is 4. The number of aromatic amines is 2. The van der Waals surface area contributed by atoms with E-state index < -0.39 is 42.0 Å². The van der Waals surface area contributed by atoms with Crippen LogP contribution in [0.2, 0.25) is 0 Å². The van der Waals surface area contributed by atoms with Crippen LogP contribution in [0.4, 0.5) is 0 Å². The second-order valence-electron chi connectivity index (χ2n) is 10.1. The smallest absolute Gasteiger partial charge is 0.326 e. The van der Waals surface area contributed by atoms with Gasteiger partial charge in [0.2, 0.25) is 23.6 Å². The molecule has 0 radical (unpaired) electrons. The lowest BCUT2D eigenvalue weighted by Gasteiger charge is -2.22. The molecule has 0 saturated heterocycles. The van der Waals surface area contributed by atoms with Crippen LogP contribution >= 0.6 is 11.8 Å². The van der Waals surface area contributed by atoms with E-state index in [-0.39, 0.29) is 43.5 Å². The Hall–Kier alpha value is -3.92. The van der Waals surface area contributed by atoms with Crippen LogP contribution in [-0.2, 0) is 36.8 Å². The van der Waals surface area contributed by atoms with Gasteiger partial charge >= 0.3 is 5.97 Å². The molecule has 9 N–H and O–H groups in total. The third-order valence-corrected chi connectivity index (χ3v) is 6.89. The number of nitrogens with two attached hydrogens (primary N) is 1. The van der Waals surface area contributed by atoms with E-state index in [9.17, 15) is 29.1 Å². The molecule has 16 heteroatoms. The van der Waals surface area contributed by atoms with Crippen LogP contribution in [0.25, 0.3) is 0 Å². The van der Waals surface area contributed by atoms with E-state index in [1.54, 1.807) is 24.9 Å². The Morgan fingerprint density at radius 2 is 1.50 bits per heavy atom. The van der Waals surface area contributed by atoms with Gasteiger partial charge in [0, 0.05) is 61.5 Å². The van der Waals surface area contributed by atoms with Gasteiger partial charge in [0.05, 0.1) is 18.7 Å². The molecule has 5 atom stereocenters. The fraction of sp³-hybridized carbons (Fsp3) is 0.577. The van der Waals surface area contributed by atoms with Crippen molar-refractivity contribution in [3.63, 3.8) is 0 Å². The number of aromatic nitrogens is 4. The summed E-state index contributed by atoms with van der Waals surface area (Å²) >= 11 is 1.57. The monoisotopic (exact) mass is 607 g/mol. The third kappa shape index (κ3) is 12.7. The lowest BCUT2D eigenvalue weighted by Crippen LogP contribution is -2.53. The van der Waals surface area contributed by atoms with Gasteiger partial charge in [-0.1, -0.05) is 0 Å². The molecule has 0 aliphatic carbocycles. The zero-order valence-electron chi connectivity index (χ0n) is 24.0.